The second kappa shape index (κ2) is 6.09. The van der Waals surface area contributed by atoms with E-state index >= 15 is 0 Å². The number of benzene rings is 2. The van der Waals surface area contributed by atoms with E-state index in [0.717, 1.165) is 34.5 Å². The van der Waals surface area contributed by atoms with Gasteiger partial charge in [0.05, 0.1) is 22.4 Å². The third kappa shape index (κ3) is 2.97. The molecule has 1 aliphatic heterocycles. The van der Waals surface area contributed by atoms with Crippen molar-refractivity contribution >= 4 is 11.0 Å². The molecule has 4 rings (SSSR count). The predicted octanol–water partition coefficient (Wildman–Crippen LogP) is 4.20. The van der Waals surface area contributed by atoms with Crippen LogP contribution in [0.4, 0.5) is 0 Å². The molecule has 2 aromatic carbocycles. The second-order valence-corrected chi connectivity index (χ2v) is 6.33. The van der Waals surface area contributed by atoms with Crippen molar-refractivity contribution < 1.29 is 0 Å². The van der Waals surface area contributed by atoms with Gasteiger partial charge in [-0.25, -0.2) is 9.97 Å². The molecule has 0 bridgehead atoms. The molecule has 1 aliphatic rings. The van der Waals surface area contributed by atoms with Crippen molar-refractivity contribution in [1.29, 1.82) is 0 Å². The van der Waals surface area contributed by atoms with Crippen LogP contribution in [0.15, 0.2) is 48.5 Å². The molecule has 0 atom stereocenters. The lowest BCUT2D eigenvalue weighted by Gasteiger charge is -2.15. The standard InChI is InChI=1S/C20H21N3/c1-15-20(22-19-7-3-2-6-18(19)21-15)17-10-8-16(9-11-17)14-23-12-4-5-13-23/h2-3,6-11H,4-5,12-14H2,1H3. The Labute approximate surface area is 137 Å². The molecular weight excluding hydrogens is 282 g/mol. The first-order valence-electron chi connectivity index (χ1n) is 8.35. The number of hydrogen-bond donors (Lipinski definition) is 0. The summed E-state index contributed by atoms with van der Waals surface area (Å²) >= 11 is 0. The van der Waals surface area contributed by atoms with Crippen LogP contribution in [-0.2, 0) is 6.54 Å². The van der Waals surface area contributed by atoms with E-state index in [9.17, 15) is 0 Å². The largest absolute Gasteiger partial charge is 0.299 e. The Balaban J connectivity index is 1.63. The van der Waals surface area contributed by atoms with Gasteiger partial charge >= 0.3 is 0 Å². The third-order valence-electron chi connectivity index (χ3n) is 4.58. The minimum atomic E-state index is 0.953. The van der Waals surface area contributed by atoms with E-state index in [0.29, 0.717) is 0 Å². The van der Waals surface area contributed by atoms with Gasteiger partial charge in [-0.05, 0) is 50.6 Å². The SMILES string of the molecule is Cc1nc2ccccc2nc1-c1ccc(CN2CCCC2)cc1. The van der Waals surface area contributed by atoms with Gasteiger partial charge in [0.25, 0.3) is 0 Å². The topological polar surface area (TPSA) is 29.0 Å². The van der Waals surface area contributed by atoms with E-state index in [2.05, 4.69) is 34.1 Å². The van der Waals surface area contributed by atoms with Crippen molar-refractivity contribution in [3.05, 3.63) is 59.8 Å². The van der Waals surface area contributed by atoms with Crippen LogP contribution in [0.25, 0.3) is 22.3 Å². The average Bonchev–Trinajstić information content (AvgIpc) is 3.08. The molecule has 0 saturated carbocycles. The van der Waals surface area contributed by atoms with E-state index in [1.165, 1.54) is 31.5 Å². The molecule has 116 valence electrons. The van der Waals surface area contributed by atoms with Crippen molar-refractivity contribution in [1.82, 2.24) is 14.9 Å². The van der Waals surface area contributed by atoms with E-state index in [-0.39, 0.29) is 0 Å². The molecule has 23 heavy (non-hydrogen) atoms. The normalized spacial score (nSPS) is 15.3. The minimum Gasteiger partial charge on any atom is -0.299 e. The number of nitrogens with zero attached hydrogens (tertiary/aromatic N) is 3. The lowest BCUT2D eigenvalue weighted by atomic mass is 10.1. The number of fused-ring (bicyclic) bond motifs is 1. The van der Waals surface area contributed by atoms with Gasteiger partial charge in [0.2, 0.25) is 0 Å². The van der Waals surface area contributed by atoms with Gasteiger partial charge in [-0.15, -0.1) is 0 Å². The van der Waals surface area contributed by atoms with E-state index < -0.39 is 0 Å². The Hall–Kier alpha value is -2.26. The minimum absolute atomic E-state index is 0.953. The molecule has 1 saturated heterocycles. The maximum Gasteiger partial charge on any atom is 0.0922 e. The number of aromatic nitrogens is 2. The Bertz CT molecular complexity index is 818. The summed E-state index contributed by atoms with van der Waals surface area (Å²) in [5.74, 6) is 0. The maximum atomic E-state index is 4.81. The van der Waals surface area contributed by atoms with E-state index in [1.54, 1.807) is 0 Å². The molecule has 2 heterocycles. The lowest BCUT2D eigenvalue weighted by molar-refractivity contribution is 0.331. The molecular formula is C20H21N3. The predicted molar refractivity (Wildman–Crippen MR) is 94.2 cm³/mol. The van der Waals surface area contributed by atoms with Crippen molar-refractivity contribution in [2.24, 2.45) is 0 Å². The lowest BCUT2D eigenvalue weighted by Crippen LogP contribution is -2.18. The monoisotopic (exact) mass is 303 g/mol. The summed E-state index contributed by atoms with van der Waals surface area (Å²) in [5, 5.41) is 0. The number of aryl methyl sites for hydroxylation is 1. The smallest absolute Gasteiger partial charge is 0.0922 e. The fourth-order valence-corrected chi connectivity index (χ4v) is 3.33. The van der Waals surface area contributed by atoms with Crippen LogP contribution in [0.5, 0.6) is 0 Å². The molecule has 3 nitrogen and oxygen atoms in total. The summed E-state index contributed by atoms with van der Waals surface area (Å²) in [6.45, 7) is 5.56. The summed E-state index contributed by atoms with van der Waals surface area (Å²) < 4.78 is 0. The van der Waals surface area contributed by atoms with E-state index in [4.69, 9.17) is 4.98 Å². The first kappa shape index (κ1) is 14.3. The van der Waals surface area contributed by atoms with Gasteiger partial charge in [-0.3, -0.25) is 4.90 Å². The number of para-hydroxylation sites is 2. The molecule has 3 heteroatoms. The Morgan fingerprint density at radius 1 is 0.870 bits per heavy atom. The van der Waals surface area contributed by atoms with Gasteiger partial charge in [-0.2, -0.15) is 0 Å². The first-order valence-corrected chi connectivity index (χ1v) is 8.35. The highest BCUT2D eigenvalue weighted by Gasteiger charge is 2.12. The Morgan fingerprint density at radius 2 is 1.52 bits per heavy atom. The highest BCUT2D eigenvalue weighted by atomic mass is 15.1. The quantitative estimate of drug-likeness (QED) is 0.726. The molecule has 0 spiro atoms. The number of rotatable bonds is 3. The highest BCUT2D eigenvalue weighted by molar-refractivity contribution is 5.78. The van der Waals surface area contributed by atoms with Crippen LogP contribution in [0.1, 0.15) is 24.1 Å². The van der Waals surface area contributed by atoms with Crippen molar-refractivity contribution in [2.75, 3.05) is 13.1 Å². The summed E-state index contributed by atoms with van der Waals surface area (Å²) in [4.78, 5) is 12.0. The Morgan fingerprint density at radius 3 is 2.22 bits per heavy atom. The summed E-state index contributed by atoms with van der Waals surface area (Å²) in [5.41, 5.74) is 6.40. The van der Waals surface area contributed by atoms with Crippen molar-refractivity contribution in [2.45, 2.75) is 26.3 Å². The molecule has 0 N–H and O–H groups in total. The second-order valence-electron chi connectivity index (χ2n) is 6.33. The fourth-order valence-electron chi connectivity index (χ4n) is 3.33. The Kier molecular flexibility index (Phi) is 3.80. The van der Waals surface area contributed by atoms with Crippen LogP contribution in [0, 0.1) is 6.92 Å². The molecule has 0 radical (unpaired) electrons. The molecule has 0 aliphatic carbocycles. The van der Waals surface area contributed by atoms with Crippen LogP contribution in [0.3, 0.4) is 0 Å². The van der Waals surface area contributed by atoms with Gasteiger partial charge in [0.1, 0.15) is 0 Å². The van der Waals surface area contributed by atoms with Gasteiger partial charge in [0, 0.05) is 12.1 Å². The molecule has 1 aromatic heterocycles. The van der Waals surface area contributed by atoms with Gasteiger partial charge < -0.3 is 0 Å². The fraction of sp³-hybridized carbons (Fsp3) is 0.300. The number of likely N-dealkylation sites (tertiary alicyclic amines) is 1. The van der Waals surface area contributed by atoms with Crippen LogP contribution in [0.2, 0.25) is 0 Å². The summed E-state index contributed by atoms with van der Waals surface area (Å²) in [6.07, 6.45) is 2.67. The zero-order valence-electron chi connectivity index (χ0n) is 13.5. The maximum absolute atomic E-state index is 4.81. The van der Waals surface area contributed by atoms with Crippen LogP contribution >= 0.6 is 0 Å². The summed E-state index contributed by atoms with van der Waals surface area (Å²) in [7, 11) is 0. The first-order chi connectivity index (χ1) is 11.3. The van der Waals surface area contributed by atoms with Gasteiger partial charge in [-0.1, -0.05) is 36.4 Å². The zero-order valence-corrected chi connectivity index (χ0v) is 13.5. The molecule has 3 aromatic rings. The average molecular weight is 303 g/mol. The van der Waals surface area contributed by atoms with Crippen LogP contribution < -0.4 is 0 Å². The van der Waals surface area contributed by atoms with E-state index in [1.807, 2.05) is 31.2 Å². The molecule has 1 fully saturated rings. The summed E-state index contributed by atoms with van der Waals surface area (Å²) in [6, 6.07) is 16.9. The highest BCUT2D eigenvalue weighted by Crippen LogP contribution is 2.24. The molecule has 0 amide bonds. The zero-order chi connectivity index (χ0) is 15.6. The molecule has 0 unspecified atom stereocenters. The third-order valence-corrected chi connectivity index (χ3v) is 4.58. The van der Waals surface area contributed by atoms with Crippen molar-refractivity contribution in [3.8, 4) is 11.3 Å². The number of hydrogen-bond acceptors (Lipinski definition) is 3. The van der Waals surface area contributed by atoms with Crippen LogP contribution in [-0.4, -0.2) is 28.0 Å². The van der Waals surface area contributed by atoms with Crippen molar-refractivity contribution in [3.63, 3.8) is 0 Å². The van der Waals surface area contributed by atoms with Gasteiger partial charge in [0.15, 0.2) is 0 Å².